The third kappa shape index (κ3) is 1.97. The van der Waals surface area contributed by atoms with Crippen LogP contribution in [-0.4, -0.2) is 40.2 Å². The second-order valence-electron chi connectivity index (χ2n) is 3.41. The Labute approximate surface area is 103 Å². The first-order valence-corrected chi connectivity index (χ1v) is 5.19. The van der Waals surface area contributed by atoms with E-state index in [2.05, 4.69) is 15.5 Å². The number of ether oxygens (including phenoxy) is 1. The van der Waals surface area contributed by atoms with Gasteiger partial charge in [0, 0.05) is 7.05 Å². The molecule has 0 aliphatic rings. The summed E-state index contributed by atoms with van der Waals surface area (Å²) in [5.74, 6) is -0.374. The molecule has 0 unspecified atom stereocenters. The van der Waals surface area contributed by atoms with Gasteiger partial charge >= 0.3 is 5.97 Å². The molecule has 0 spiro atoms. The molecule has 0 fully saturated rings. The first-order valence-electron chi connectivity index (χ1n) is 5.19. The molecular formula is C11H12N4O3. The van der Waals surface area contributed by atoms with E-state index in [9.17, 15) is 4.79 Å². The second kappa shape index (κ2) is 4.74. The average molecular weight is 248 g/mol. The van der Waals surface area contributed by atoms with Gasteiger partial charge in [-0.3, -0.25) is 0 Å². The number of carbonyl (C=O) groups is 1. The fourth-order valence-electron chi connectivity index (χ4n) is 1.52. The summed E-state index contributed by atoms with van der Waals surface area (Å²) >= 11 is 0. The molecule has 0 bridgehead atoms. The number of aromatic carboxylic acids is 1. The van der Waals surface area contributed by atoms with E-state index < -0.39 is 5.97 Å². The zero-order valence-corrected chi connectivity index (χ0v) is 9.91. The summed E-state index contributed by atoms with van der Waals surface area (Å²) in [5.41, 5.74) is 0.437. The number of nitrogens with zero attached hydrogens (tertiary/aromatic N) is 3. The van der Waals surface area contributed by atoms with Crippen LogP contribution < -0.4 is 10.1 Å². The molecular weight excluding hydrogens is 236 g/mol. The van der Waals surface area contributed by atoms with E-state index >= 15 is 0 Å². The van der Waals surface area contributed by atoms with Gasteiger partial charge in [0.15, 0.2) is 5.82 Å². The molecule has 0 aliphatic carbocycles. The Morgan fingerprint density at radius 1 is 1.39 bits per heavy atom. The summed E-state index contributed by atoms with van der Waals surface area (Å²) in [7, 11) is 3.11. The topological polar surface area (TPSA) is 89.3 Å². The summed E-state index contributed by atoms with van der Waals surface area (Å²) < 4.78 is 5.17. The molecule has 2 N–H and O–H groups in total. The maximum absolute atomic E-state index is 11.0. The maximum Gasteiger partial charge on any atom is 0.360 e. The highest BCUT2D eigenvalue weighted by Gasteiger charge is 2.18. The fraction of sp³-hybridized carbons (Fsp3) is 0.182. The minimum atomic E-state index is -1.14. The number of carboxylic acid groups (broad SMARTS) is 1. The number of methoxy groups -OCH3 is 1. The number of nitrogens with one attached hydrogen (secondary N) is 1. The minimum Gasteiger partial charge on any atom is -0.494 e. The smallest absolute Gasteiger partial charge is 0.360 e. The van der Waals surface area contributed by atoms with E-state index in [4.69, 9.17) is 9.84 Å². The van der Waals surface area contributed by atoms with Crippen LogP contribution in [0.15, 0.2) is 24.3 Å². The monoisotopic (exact) mass is 248 g/mol. The molecule has 0 amide bonds. The van der Waals surface area contributed by atoms with Crippen molar-refractivity contribution in [1.82, 2.24) is 15.0 Å². The molecule has 18 heavy (non-hydrogen) atoms. The summed E-state index contributed by atoms with van der Waals surface area (Å²) in [5, 5.41) is 19.7. The number of rotatable bonds is 4. The van der Waals surface area contributed by atoms with E-state index in [1.807, 2.05) is 6.07 Å². The molecule has 2 rings (SSSR count). The van der Waals surface area contributed by atoms with Crippen molar-refractivity contribution in [3.05, 3.63) is 30.0 Å². The lowest BCUT2D eigenvalue weighted by Gasteiger charge is -2.05. The van der Waals surface area contributed by atoms with Crippen LogP contribution in [0.2, 0.25) is 0 Å². The Morgan fingerprint density at radius 2 is 2.11 bits per heavy atom. The molecule has 7 nitrogen and oxygen atoms in total. The molecule has 2 aromatic rings. The van der Waals surface area contributed by atoms with Crippen LogP contribution in [0.3, 0.4) is 0 Å². The van der Waals surface area contributed by atoms with Crippen molar-refractivity contribution < 1.29 is 14.6 Å². The minimum absolute atomic E-state index is 0.136. The van der Waals surface area contributed by atoms with E-state index in [1.54, 1.807) is 25.2 Å². The lowest BCUT2D eigenvalue weighted by Crippen LogP contribution is -2.04. The zero-order chi connectivity index (χ0) is 13.1. The van der Waals surface area contributed by atoms with Crippen LogP contribution in [0.1, 0.15) is 10.5 Å². The summed E-state index contributed by atoms with van der Waals surface area (Å²) in [6.45, 7) is 0. The lowest BCUT2D eigenvalue weighted by atomic mass is 10.3. The summed E-state index contributed by atoms with van der Waals surface area (Å²) in [4.78, 5) is 12.2. The second-order valence-corrected chi connectivity index (χ2v) is 3.41. The van der Waals surface area contributed by atoms with Crippen molar-refractivity contribution in [3.63, 3.8) is 0 Å². The number of benzene rings is 1. The number of para-hydroxylation sites is 2. The molecule has 94 valence electrons. The van der Waals surface area contributed by atoms with E-state index in [1.165, 1.54) is 11.9 Å². The maximum atomic E-state index is 11.0. The predicted octanol–water partition coefficient (Wildman–Crippen LogP) is 1.02. The first-order chi connectivity index (χ1) is 8.67. The van der Waals surface area contributed by atoms with Crippen molar-refractivity contribution in [1.29, 1.82) is 0 Å². The summed E-state index contributed by atoms with van der Waals surface area (Å²) in [6, 6.07) is 7.09. The van der Waals surface area contributed by atoms with Gasteiger partial charge < -0.3 is 15.2 Å². The predicted molar refractivity (Wildman–Crippen MR) is 64.4 cm³/mol. The highest BCUT2D eigenvalue weighted by Crippen LogP contribution is 2.22. The van der Waals surface area contributed by atoms with Gasteiger partial charge in [0.1, 0.15) is 11.4 Å². The number of aromatic nitrogens is 3. The van der Waals surface area contributed by atoms with Crippen molar-refractivity contribution in [2.75, 3.05) is 19.5 Å². The van der Waals surface area contributed by atoms with Crippen molar-refractivity contribution in [2.24, 2.45) is 0 Å². The third-order valence-electron chi connectivity index (χ3n) is 2.35. The number of anilines is 1. The van der Waals surface area contributed by atoms with Crippen LogP contribution >= 0.6 is 0 Å². The normalized spacial score (nSPS) is 10.1. The third-order valence-corrected chi connectivity index (χ3v) is 2.35. The van der Waals surface area contributed by atoms with Gasteiger partial charge in [0.25, 0.3) is 0 Å². The standard InChI is InChI=1S/C11H12N4O3/c1-12-10-9(11(16)17)13-15(14-10)7-5-3-4-6-8(7)18-2/h3-6H,1-2H3,(H,12,14)(H,16,17). The molecule has 0 radical (unpaired) electrons. The fourth-order valence-corrected chi connectivity index (χ4v) is 1.52. The Hall–Kier alpha value is -2.57. The molecule has 0 saturated heterocycles. The Bertz CT molecular complexity index is 579. The SMILES string of the molecule is CNc1nn(-c2ccccc2OC)nc1C(=O)O. The molecule has 7 heteroatoms. The van der Waals surface area contributed by atoms with E-state index in [0.29, 0.717) is 11.4 Å². The van der Waals surface area contributed by atoms with Gasteiger partial charge in [-0.1, -0.05) is 12.1 Å². The van der Waals surface area contributed by atoms with Crippen molar-refractivity contribution in [2.45, 2.75) is 0 Å². The molecule has 1 heterocycles. The largest absolute Gasteiger partial charge is 0.494 e. The summed E-state index contributed by atoms with van der Waals surface area (Å²) in [6.07, 6.45) is 0. The number of hydrogen-bond donors (Lipinski definition) is 2. The van der Waals surface area contributed by atoms with Gasteiger partial charge in [0.2, 0.25) is 5.69 Å². The molecule has 0 saturated carbocycles. The Kier molecular flexibility index (Phi) is 3.13. The van der Waals surface area contributed by atoms with Crippen molar-refractivity contribution in [3.8, 4) is 11.4 Å². The van der Waals surface area contributed by atoms with Crippen molar-refractivity contribution >= 4 is 11.8 Å². The Balaban J connectivity index is 2.54. The number of hydrogen-bond acceptors (Lipinski definition) is 5. The van der Waals surface area contributed by atoms with Gasteiger partial charge in [-0.2, -0.15) is 0 Å². The Morgan fingerprint density at radius 3 is 2.67 bits per heavy atom. The van der Waals surface area contributed by atoms with Crippen LogP contribution in [0.25, 0.3) is 5.69 Å². The van der Waals surface area contributed by atoms with Gasteiger partial charge in [0.05, 0.1) is 7.11 Å². The molecule has 1 aromatic heterocycles. The number of carboxylic acids is 1. The quantitative estimate of drug-likeness (QED) is 0.839. The molecule has 0 aliphatic heterocycles. The molecule has 0 atom stereocenters. The highest BCUT2D eigenvalue weighted by molar-refractivity contribution is 5.90. The average Bonchev–Trinajstić information content (AvgIpc) is 2.82. The van der Waals surface area contributed by atoms with E-state index in [0.717, 1.165) is 0 Å². The highest BCUT2D eigenvalue weighted by atomic mass is 16.5. The van der Waals surface area contributed by atoms with Crippen LogP contribution in [0.4, 0.5) is 5.82 Å². The first kappa shape index (κ1) is 11.9. The van der Waals surface area contributed by atoms with Gasteiger partial charge in [-0.25, -0.2) is 4.79 Å². The van der Waals surface area contributed by atoms with Crippen LogP contribution in [0.5, 0.6) is 5.75 Å². The van der Waals surface area contributed by atoms with Crippen LogP contribution in [-0.2, 0) is 0 Å². The van der Waals surface area contributed by atoms with Gasteiger partial charge in [-0.15, -0.1) is 15.0 Å². The van der Waals surface area contributed by atoms with E-state index in [-0.39, 0.29) is 11.5 Å². The van der Waals surface area contributed by atoms with Crippen LogP contribution in [0, 0.1) is 0 Å². The lowest BCUT2D eigenvalue weighted by molar-refractivity contribution is 0.0691. The zero-order valence-electron chi connectivity index (χ0n) is 9.91. The molecule has 1 aromatic carbocycles. The van der Waals surface area contributed by atoms with Gasteiger partial charge in [-0.05, 0) is 12.1 Å².